The molecule has 2 N–H and O–H groups in total. The summed E-state index contributed by atoms with van der Waals surface area (Å²) in [6.07, 6.45) is 0. The number of aliphatic hydroxyl groups is 1. The molecular formula is C8H8O4S. The van der Waals surface area contributed by atoms with E-state index in [0.29, 0.717) is 0 Å². The van der Waals surface area contributed by atoms with E-state index in [0.717, 1.165) is 0 Å². The fourth-order valence-corrected chi connectivity index (χ4v) is 1.16. The van der Waals surface area contributed by atoms with Crippen LogP contribution in [-0.4, -0.2) is 25.1 Å². The molecule has 0 heterocycles. The Morgan fingerprint density at radius 3 is 2.31 bits per heavy atom. The molecule has 0 aromatic heterocycles. The lowest BCUT2D eigenvalue weighted by atomic mass is 10.1. The molecule has 70 valence electrons. The van der Waals surface area contributed by atoms with E-state index in [2.05, 4.69) is 0 Å². The molecule has 0 saturated carbocycles. The van der Waals surface area contributed by atoms with Crippen LogP contribution in [0.3, 0.4) is 0 Å². The van der Waals surface area contributed by atoms with E-state index in [1.54, 1.807) is 18.2 Å². The third-order valence-electron chi connectivity index (χ3n) is 1.47. The van der Waals surface area contributed by atoms with Crippen molar-refractivity contribution < 1.29 is 18.7 Å². The Hall–Kier alpha value is -1.04. The fourth-order valence-electron chi connectivity index (χ4n) is 0.837. The van der Waals surface area contributed by atoms with Crippen molar-refractivity contribution in [2.45, 2.75) is 5.44 Å². The number of rotatable bonds is 3. The molecule has 0 aliphatic carbocycles. The van der Waals surface area contributed by atoms with Crippen LogP contribution in [-0.2, 0) is 11.1 Å². The number of carbonyl (C=O) groups is 1. The maximum absolute atomic E-state index is 11.2. The molecule has 5 heteroatoms. The summed E-state index contributed by atoms with van der Waals surface area (Å²) in [5.74, 6) is -0.749. The van der Waals surface area contributed by atoms with E-state index in [4.69, 9.17) is 9.66 Å². The van der Waals surface area contributed by atoms with Crippen molar-refractivity contribution >= 4 is 16.9 Å². The zero-order chi connectivity index (χ0) is 9.84. The molecule has 1 aromatic rings. The Kier molecular flexibility index (Phi) is 3.30. The van der Waals surface area contributed by atoms with Crippen molar-refractivity contribution in [2.75, 3.05) is 0 Å². The molecule has 1 rings (SSSR count). The molecule has 0 radical (unpaired) electrons. The van der Waals surface area contributed by atoms with Crippen LogP contribution in [0.5, 0.6) is 0 Å². The predicted molar refractivity (Wildman–Crippen MR) is 47.6 cm³/mol. The summed E-state index contributed by atoms with van der Waals surface area (Å²) in [6, 6.07) is 7.87. The minimum atomic E-state index is -2.53. The molecule has 2 unspecified atom stereocenters. The highest BCUT2D eigenvalue weighted by molar-refractivity contribution is 7.80. The van der Waals surface area contributed by atoms with E-state index >= 15 is 0 Å². The number of Topliss-reactive ketones (excluding diaryl/α,β-unsaturated/α-hetero) is 1. The number of hydrogen-bond acceptors (Lipinski definition) is 3. The average Bonchev–Trinajstić information content (AvgIpc) is 2.17. The lowest BCUT2D eigenvalue weighted by Crippen LogP contribution is -2.24. The second-order valence-electron chi connectivity index (χ2n) is 2.36. The maximum atomic E-state index is 11.2. The van der Waals surface area contributed by atoms with Gasteiger partial charge in [-0.05, 0) is 0 Å². The Labute approximate surface area is 77.5 Å². The van der Waals surface area contributed by atoms with Gasteiger partial charge in [-0.1, -0.05) is 30.3 Å². The molecule has 1 aromatic carbocycles. The molecule has 0 bridgehead atoms. The predicted octanol–water partition coefficient (Wildman–Crippen LogP) is 0.409. The standard InChI is InChI=1S/C8H8O4S/c9-7(8(10)13(11)12)6-4-2-1-3-5-6/h1-5,8,10H,(H,11,12). The van der Waals surface area contributed by atoms with Crippen LogP contribution in [0.25, 0.3) is 0 Å². The van der Waals surface area contributed by atoms with E-state index in [-0.39, 0.29) is 5.56 Å². The lowest BCUT2D eigenvalue weighted by molar-refractivity contribution is 0.0856. The third kappa shape index (κ3) is 2.45. The Morgan fingerprint density at radius 2 is 1.85 bits per heavy atom. The summed E-state index contributed by atoms with van der Waals surface area (Å²) >= 11 is -2.53. The van der Waals surface area contributed by atoms with E-state index in [1.807, 2.05) is 0 Å². The average molecular weight is 200 g/mol. The van der Waals surface area contributed by atoms with Gasteiger partial charge in [0, 0.05) is 5.56 Å². The van der Waals surface area contributed by atoms with Crippen molar-refractivity contribution in [3.05, 3.63) is 35.9 Å². The van der Waals surface area contributed by atoms with Crippen molar-refractivity contribution in [3.63, 3.8) is 0 Å². The summed E-state index contributed by atoms with van der Waals surface area (Å²) in [5.41, 5.74) is -1.64. The van der Waals surface area contributed by atoms with E-state index in [1.165, 1.54) is 12.1 Å². The molecule has 0 aliphatic heterocycles. The minimum absolute atomic E-state index is 0.220. The van der Waals surface area contributed by atoms with Gasteiger partial charge in [0.1, 0.15) is 0 Å². The molecule has 0 aliphatic rings. The number of carbonyl (C=O) groups excluding carboxylic acids is 1. The van der Waals surface area contributed by atoms with Gasteiger partial charge in [-0.3, -0.25) is 4.79 Å². The minimum Gasteiger partial charge on any atom is -0.371 e. The molecule has 0 amide bonds. The molecular weight excluding hydrogens is 192 g/mol. The molecule has 0 fully saturated rings. The second kappa shape index (κ2) is 4.27. The number of ketones is 1. The molecule has 13 heavy (non-hydrogen) atoms. The van der Waals surface area contributed by atoms with Crippen LogP contribution in [0, 0.1) is 0 Å². The first-order valence-electron chi connectivity index (χ1n) is 3.50. The second-order valence-corrected chi connectivity index (χ2v) is 3.36. The number of benzene rings is 1. The van der Waals surface area contributed by atoms with Crippen LogP contribution in [0.4, 0.5) is 0 Å². The first-order valence-corrected chi connectivity index (χ1v) is 4.67. The summed E-state index contributed by atoms with van der Waals surface area (Å²) in [5, 5.41) is 8.95. The van der Waals surface area contributed by atoms with Gasteiger partial charge in [-0.2, -0.15) is 0 Å². The number of hydrogen-bond donors (Lipinski definition) is 2. The van der Waals surface area contributed by atoms with Crippen LogP contribution in [0.15, 0.2) is 30.3 Å². The SMILES string of the molecule is O=C(c1ccccc1)C(O)S(=O)O. The highest BCUT2D eigenvalue weighted by atomic mass is 32.2. The summed E-state index contributed by atoms with van der Waals surface area (Å²) in [7, 11) is 0. The first-order chi connectivity index (χ1) is 6.13. The molecule has 0 spiro atoms. The van der Waals surface area contributed by atoms with Gasteiger partial charge in [-0.25, -0.2) is 4.21 Å². The highest BCUT2D eigenvalue weighted by Crippen LogP contribution is 2.04. The summed E-state index contributed by atoms with van der Waals surface area (Å²) in [6.45, 7) is 0. The smallest absolute Gasteiger partial charge is 0.218 e. The Bertz CT molecular complexity index is 322. The van der Waals surface area contributed by atoms with Crippen molar-refractivity contribution in [2.24, 2.45) is 0 Å². The topological polar surface area (TPSA) is 74.6 Å². The quantitative estimate of drug-likeness (QED) is 0.547. The van der Waals surface area contributed by atoms with Crippen LogP contribution in [0.2, 0.25) is 0 Å². The monoisotopic (exact) mass is 200 g/mol. The number of aliphatic hydroxyl groups excluding tert-OH is 1. The van der Waals surface area contributed by atoms with Gasteiger partial charge >= 0.3 is 0 Å². The van der Waals surface area contributed by atoms with Crippen molar-refractivity contribution in [1.82, 2.24) is 0 Å². The summed E-state index contributed by atoms with van der Waals surface area (Å²) in [4.78, 5) is 11.2. The van der Waals surface area contributed by atoms with Gasteiger partial charge in [0.05, 0.1) is 0 Å². The van der Waals surface area contributed by atoms with Crippen LogP contribution in [0.1, 0.15) is 10.4 Å². The fraction of sp³-hybridized carbons (Fsp3) is 0.125. The van der Waals surface area contributed by atoms with Crippen LogP contribution < -0.4 is 0 Å². The van der Waals surface area contributed by atoms with Gasteiger partial charge in [0.25, 0.3) is 0 Å². The molecule has 2 atom stereocenters. The largest absolute Gasteiger partial charge is 0.371 e. The van der Waals surface area contributed by atoms with Gasteiger partial charge < -0.3 is 9.66 Å². The highest BCUT2D eigenvalue weighted by Gasteiger charge is 2.21. The molecule has 0 saturated heterocycles. The van der Waals surface area contributed by atoms with E-state index in [9.17, 15) is 9.00 Å². The van der Waals surface area contributed by atoms with Gasteiger partial charge in [0.15, 0.2) is 11.1 Å². The van der Waals surface area contributed by atoms with E-state index < -0.39 is 22.3 Å². The van der Waals surface area contributed by atoms with Crippen LogP contribution >= 0.6 is 0 Å². The zero-order valence-electron chi connectivity index (χ0n) is 6.58. The molecule has 4 nitrogen and oxygen atoms in total. The van der Waals surface area contributed by atoms with Crippen molar-refractivity contribution in [3.8, 4) is 0 Å². The first kappa shape index (κ1) is 10.0. The van der Waals surface area contributed by atoms with Crippen molar-refractivity contribution in [1.29, 1.82) is 0 Å². The Morgan fingerprint density at radius 1 is 1.31 bits per heavy atom. The maximum Gasteiger partial charge on any atom is 0.218 e. The normalized spacial score (nSPS) is 14.9. The third-order valence-corrected chi connectivity index (χ3v) is 2.07. The summed E-state index contributed by atoms with van der Waals surface area (Å²) < 4.78 is 18.8. The zero-order valence-corrected chi connectivity index (χ0v) is 7.40. The Balaban J connectivity index is 2.86. The van der Waals surface area contributed by atoms with Gasteiger partial charge in [-0.15, -0.1) is 0 Å². The van der Waals surface area contributed by atoms with Gasteiger partial charge in [0.2, 0.25) is 11.2 Å². The lowest BCUT2D eigenvalue weighted by Gasteiger charge is -2.03.